The van der Waals surface area contributed by atoms with Gasteiger partial charge >= 0.3 is 0 Å². The predicted molar refractivity (Wildman–Crippen MR) is 128 cm³/mol. The summed E-state index contributed by atoms with van der Waals surface area (Å²) in [6.07, 6.45) is 5.07. The van der Waals surface area contributed by atoms with Crippen LogP contribution in [-0.2, 0) is 0 Å². The van der Waals surface area contributed by atoms with Crippen molar-refractivity contribution < 1.29 is 14.0 Å². The van der Waals surface area contributed by atoms with Crippen LogP contribution >= 0.6 is 22.7 Å². The number of piperazine rings is 1. The van der Waals surface area contributed by atoms with Crippen LogP contribution in [0.3, 0.4) is 0 Å². The predicted octanol–water partition coefficient (Wildman–Crippen LogP) is 4.05. The van der Waals surface area contributed by atoms with Gasteiger partial charge in [-0.3, -0.25) is 14.5 Å². The number of halogens is 1. The molecule has 6 rings (SSSR count). The second-order valence-corrected chi connectivity index (χ2v) is 11.1. The molecule has 0 unspecified atom stereocenters. The van der Waals surface area contributed by atoms with Crippen LogP contribution in [-0.4, -0.2) is 76.8 Å². The molecule has 3 aliphatic rings. The van der Waals surface area contributed by atoms with E-state index in [2.05, 4.69) is 9.88 Å². The fraction of sp³-hybridized carbons (Fsp3) is 0.458. The summed E-state index contributed by atoms with van der Waals surface area (Å²) in [6, 6.07) is 5.25. The molecule has 0 bridgehead atoms. The Hall–Kier alpha value is -2.36. The Morgan fingerprint density at radius 2 is 1.82 bits per heavy atom. The molecular formula is C24H25FN4O2S2. The molecule has 1 aromatic carbocycles. The lowest BCUT2D eigenvalue weighted by Gasteiger charge is -2.48. The molecule has 2 aromatic heterocycles. The Morgan fingerprint density at radius 3 is 2.48 bits per heavy atom. The van der Waals surface area contributed by atoms with Crippen LogP contribution in [0.4, 0.5) is 4.39 Å². The van der Waals surface area contributed by atoms with E-state index in [1.54, 1.807) is 12.3 Å². The molecule has 9 heteroatoms. The van der Waals surface area contributed by atoms with Gasteiger partial charge in [0.25, 0.3) is 11.8 Å². The van der Waals surface area contributed by atoms with Crippen LogP contribution in [0.25, 0.3) is 10.1 Å². The summed E-state index contributed by atoms with van der Waals surface area (Å²) < 4.78 is 14.7. The van der Waals surface area contributed by atoms with Gasteiger partial charge in [0.05, 0.1) is 4.88 Å². The zero-order valence-corrected chi connectivity index (χ0v) is 19.8. The quantitative estimate of drug-likeness (QED) is 0.561. The maximum Gasteiger partial charge on any atom is 0.282 e. The van der Waals surface area contributed by atoms with Crippen molar-refractivity contribution in [3.8, 4) is 0 Å². The third-order valence-electron chi connectivity index (χ3n) is 7.28. The van der Waals surface area contributed by atoms with Crippen molar-refractivity contribution in [3.05, 3.63) is 51.0 Å². The molecule has 172 valence electrons. The van der Waals surface area contributed by atoms with Crippen molar-refractivity contribution >= 4 is 44.6 Å². The smallest absolute Gasteiger partial charge is 0.282 e. The van der Waals surface area contributed by atoms with Gasteiger partial charge in [0, 0.05) is 61.6 Å². The molecule has 1 aliphatic carbocycles. The molecule has 1 saturated carbocycles. The summed E-state index contributed by atoms with van der Waals surface area (Å²) in [5.74, 6) is 0.273. The minimum absolute atomic E-state index is 0.0137. The molecule has 4 heterocycles. The van der Waals surface area contributed by atoms with Crippen LogP contribution in [0.1, 0.15) is 50.2 Å². The number of rotatable bonds is 4. The highest BCUT2D eigenvalue weighted by Crippen LogP contribution is 2.45. The van der Waals surface area contributed by atoms with Crippen LogP contribution in [0.2, 0.25) is 0 Å². The van der Waals surface area contributed by atoms with Crippen molar-refractivity contribution in [2.45, 2.75) is 31.2 Å². The normalized spacial score (nSPS) is 20.2. The third-order valence-corrected chi connectivity index (χ3v) is 9.20. The Bertz CT molecular complexity index is 1190. The van der Waals surface area contributed by atoms with E-state index in [4.69, 9.17) is 0 Å². The molecule has 6 nitrogen and oxygen atoms in total. The van der Waals surface area contributed by atoms with Gasteiger partial charge in [0.2, 0.25) is 0 Å². The molecule has 0 N–H and O–H groups in total. The number of thiazole rings is 1. The number of likely N-dealkylation sites (tertiary alicyclic amines) is 1. The summed E-state index contributed by atoms with van der Waals surface area (Å²) in [6.45, 7) is 4.45. The van der Waals surface area contributed by atoms with Gasteiger partial charge in [-0.1, -0.05) is 12.5 Å². The number of amides is 2. The first-order valence-corrected chi connectivity index (χ1v) is 13.2. The Kier molecular flexibility index (Phi) is 5.43. The molecule has 3 fully saturated rings. The fourth-order valence-electron chi connectivity index (χ4n) is 5.10. The van der Waals surface area contributed by atoms with Gasteiger partial charge in [0.1, 0.15) is 5.82 Å². The van der Waals surface area contributed by atoms with E-state index in [0.29, 0.717) is 43.1 Å². The number of thiophene rings is 1. The number of nitrogens with zero attached hydrogens (tertiary/aromatic N) is 4. The van der Waals surface area contributed by atoms with E-state index in [0.717, 1.165) is 46.5 Å². The second kappa shape index (κ2) is 8.45. The third kappa shape index (κ3) is 3.76. The minimum Gasteiger partial charge on any atom is -0.335 e. The summed E-state index contributed by atoms with van der Waals surface area (Å²) in [7, 11) is 0. The minimum atomic E-state index is -0.251. The largest absolute Gasteiger partial charge is 0.335 e. The zero-order chi connectivity index (χ0) is 22.5. The standard InChI is InChI=1S/C24H25FN4O2S2/c25-16-4-5-18-19(12-16)33-21(20(18)15-2-1-3-15)23(30)29-13-17(14-29)27-7-9-28(10-8-27)24(31)22-26-6-11-32-22/h4-6,11-12,15,17H,1-3,7-10,13-14H2. The molecule has 33 heavy (non-hydrogen) atoms. The molecule has 0 atom stereocenters. The number of carbonyl (C=O) groups is 2. The summed E-state index contributed by atoms with van der Waals surface area (Å²) >= 11 is 2.83. The van der Waals surface area contributed by atoms with Crippen molar-refractivity contribution in [3.63, 3.8) is 0 Å². The van der Waals surface area contributed by atoms with E-state index in [1.807, 2.05) is 21.2 Å². The lowest BCUT2D eigenvalue weighted by Crippen LogP contribution is -2.64. The molecule has 2 aliphatic heterocycles. The first-order chi connectivity index (χ1) is 16.1. The zero-order valence-electron chi connectivity index (χ0n) is 18.2. The maximum atomic E-state index is 13.8. The number of aromatic nitrogens is 1. The first-order valence-electron chi connectivity index (χ1n) is 11.5. The molecule has 2 amide bonds. The average molecular weight is 485 g/mol. The Balaban J connectivity index is 1.10. The summed E-state index contributed by atoms with van der Waals surface area (Å²) in [5.41, 5.74) is 1.14. The number of fused-ring (bicyclic) bond motifs is 1. The van der Waals surface area contributed by atoms with Gasteiger partial charge in [0.15, 0.2) is 5.01 Å². The maximum absolute atomic E-state index is 13.8. The highest BCUT2D eigenvalue weighted by molar-refractivity contribution is 7.21. The number of hydrogen-bond donors (Lipinski definition) is 0. The topological polar surface area (TPSA) is 56.8 Å². The van der Waals surface area contributed by atoms with Crippen molar-refractivity contribution in [2.75, 3.05) is 39.3 Å². The molecular weight excluding hydrogens is 459 g/mol. The van der Waals surface area contributed by atoms with E-state index < -0.39 is 0 Å². The highest BCUT2D eigenvalue weighted by Gasteiger charge is 2.39. The van der Waals surface area contributed by atoms with Crippen LogP contribution in [0.5, 0.6) is 0 Å². The number of carbonyl (C=O) groups excluding carboxylic acids is 2. The SMILES string of the molecule is O=C(c1nccs1)N1CCN(C2CN(C(=O)c3sc4cc(F)ccc4c3C3CCC3)C2)CC1. The van der Waals surface area contributed by atoms with E-state index in [-0.39, 0.29) is 17.6 Å². The lowest BCUT2D eigenvalue weighted by atomic mass is 9.78. The molecule has 2 saturated heterocycles. The fourth-order valence-corrected chi connectivity index (χ4v) is 6.99. The summed E-state index contributed by atoms with van der Waals surface area (Å²) in [4.78, 5) is 37.1. The van der Waals surface area contributed by atoms with Crippen molar-refractivity contribution in [2.24, 2.45) is 0 Å². The van der Waals surface area contributed by atoms with Crippen LogP contribution < -0.4 is 0 Å². The lowest BCUT2D eigenvalue weighted by molar-refractivity contribution is 0.00870. The molecule has 0 spiro atoms. The monoisotopic (exact) mass is 484 g/mol. The molecule has 3 aromatic rings. The Labute approximate surface area is 199 Å². The number of benzene rings is 1. The van der Waals surface area contributed by atoms with Gasteiger partial charge in [-0.2, -0.15) is 0 Å². The van der Waals surface area contributed by atoms with E-state index in [1.165, 1.54) is 35.2 Å². The molecule has 0 radical (unpaired) electrons. The van der Waals surface area contributed by atoms with E-state index >= 15 is 0 Å². The second-order valence-electron chi connectivity index (χ2n) is 9.14. The van der Waals surface area contributed by atoms with Gasteiger partial charge in [-0.15, -0.1) is 22.7 Å². The Morgan fingerprint density at radius 1 is 1.03 bits per heavy atom. The summed E-state index contributed by atoms with van der Waals surface area (Å²) in [5, 5.41) is 3.43. The van der Waals surface area contributed by atoms with Gasteiger partial charge in [-0.05, 0) is 41.8 Å². The van der Waals surface area contributed by atoms with Gasteiger partial charge < -0.3 is 9.80 Å². The van der Waals surface area contributed by atoms with Crippen LogP contribution in [0.15, 0.2) is 29.8 Å². The van der Waals surface area contributed by atoms with Gasteiger partial charge in [-0.25, -0.2) is 9.37 Å². The van der Waals surface area contributed by atoms with Crippen molar-refractivity contribution in [1.29, 1.82) is 0 Å². The van der Waals surface area contributed by atoms with Crippen molar-refractivity contribution in [1.82, 2.24) is 19.7 Å². The van der Waals surface area contributed by atoms with E-state index in [9.17, 15) is 14.0 Å². The highest BCUT2D eigenvalue weighted by atomic mass is 32.1. The first kappa shape index (κ1) is 21.2. The average Bonchev–Trinajstić information content (AvgIpc) is 3.40. The van der Waals surface area contributed by atoms with Crippen LogP contribution in [0, 0.1) is 5.82 Å². The number of hydrogen-bond acceptors (Lipinski definition) is 6.